The molecule has 0 bridgehead atoms. The third-order valence-electron chi connectivity index (χ3n) is 4.58. The fourth-order valence-electron chi connectivity index (χ4n) is 3.02. The Bertz CT molecular complexity index is 303. The summed E-state index contributed by atoms with van der Waals surface area (Å²) in [4.78, 5) is 7.14. The standard InChI is InChI=1S/C13H24N4/c1-12-10-13(11-14,4-5-16(12)3)17-8-6-15(2)7-9-17/h12H,4-10H2,1-3H3. The molecule has 0 aliphatic carbocycles. The molecule has 2 aliphatic heterocycles. The molecule has 0 aromatic heterocycles. The minimum atomic E-state index is -0.201. The van der Waals surface area contributed by atoms with Crippen molar-refractivity contribution in [3.8, 4) is 6.07 Å². The SMILES string of the molecule is CC1CC(C#N)(N2CCN(C)CC2)CCN1C. The molecule has 2 atom stereocenters. The van der Waals surface area contributed by atoms with Crippen LogP contribution in [0.2, 0.25) is 0 Å². The Morgan fingerprint density at radius 3 is 2.29 bits per heavy atom. The Hall–Kier alpha value is -0.630. The van der Waals surface area contributed by atoms with Crippen LogP contribution in [0.25, 0.3) is 0 Å². The van der Waals surface area contributed by atoms with E-state index in [-0.39, 0.29) is 5.54 Å². The van der Waals surface area contributed by atoms with Gasteiger partial charge < -0.3 is 9.80 Å². The molecule has 17 heavy (non-hydrogen) atoms. The zero-order chi connectivity index (χ0) is 12.5. The van der Waals surface area contributed by atoms with E-state index in [9.17, 15) is 5.26 Å². The minimum absolute atomic E-state index is 0.201. The highest BCUT2D eigenvalue weighted by molar-refractivity contribution is 5.12. The van der Waals surface area contributed by atoms with Gasteiger partial charge in [-0.2, -0.15) is 5.26 Å². The lowest BCUT2D eigenvalue weighted by molar-refractivity contribution is 0.0148. The van der Waals surface area contributed by atoms with Crippen molar-refractivity contribution < 1.29 is 0 Å². The maximum Gasteiger partial charge on any atom is 0.112 e. The van der Waals surface area contributed by atoms with E-state index in [1.807, 2.05) is 0 Å². The number of likely N-dealkylation sites (tertiary alicyclic amines) is 1. The number of piperidine rings is 1. The molecule has 0 amide bonds. The fraction of sp³-hybridized carbons (Fsp3) is 0.923. The average molecular weight is 236 g/mol. The molecule has 2 rings (SSSR count). The summed E-state index contributed by atoms with van der Waals surface area (Å²) in [6.45, 7) is 7.55. The first kappa shape index (κ1) is 12.8. The second-order valence-corrected chi connectivity index (χ2v) is 5.72. The van der Waals surface area contributed by atoms with Gasteiger partial charge >= 0.3 is 0 Å². The first-order chi connectivity index (χ1) is 8.07. The Labute approximate surface area is 105 Å². The van der Waals surface area contributed by atoms with Crippen molar-refractivity contribution in [2.24, 2.45) is 0 Å². The van der Waals surface area contributed by atoms with Crippen molar-refractivity contribution in [1.82, 2.24) is 14.7 Å². The fourth-order valence-corrected chi connectivity index (χ4v) is 3.02. The third-order valence-corrected chi connectivity index (χ3v) is 4.58. The Balaban J connectivity index is 2.07. The monoisotopic (exact) mass is 236 g/mol. The number of hydrogen-bond acceptors (Lipinski definition) is 4. The van der Waals surface area contributed by atoms with Crippen LogP contribution in [-0.2, 0) is 0 Å². The largest absolute Gasteiger partial charge is 0.304 e. The van der Waals surface area contributed by atoms with E-state index < -0.39 is 0 Å². The summed E-state index contributed by atoms with van der Waals surface area (Å²) in [5, 5.41) is 9.64. The smallest absolute Gasteiger partial charge is 0.112 e. The van der Waals surface area contributed by atoms with Crippen LogP contribution in [0.5, 0.6) is 0 Å². The van der Waals surface area contributed by atoms with Gasteiger partial charge in [0, 0.05) is 38.8 Å². The third kappa shape index (κ3) is 2.47. The molecule has 2 saturated heterocycles. The van der Waals surface area contributed by atoms with Crippen LogP contribution < -0.4 is 0 Å². The van der Waals surface area contributed by atoms with Crippen molar-refractivity contribution in [1.29, 1.82) is 5.26 Å². The second-order valence-electron chi connectivity index (χ2n) is 5.72. The van der Waals surface area contributed by atoms with Gasteiger partial charge in [-0.25, -0.2) is 0 Å². The van der Waals surface area contributed by atoms with Crippen molar-refractivity contribution in [2.45, 2.75) is 31.3 Å². The highest BCUT2D eigenvalue weighted by Crippen LogP contribution is 2.31. The molecule has 2 fully saturated rings. The van der Waals surface area contributed by atoms with E-state index in [1.54, 1.807) is 0 Å². The van der Waals surface area contributed by atoms with Gasteiger partial charge in [-0.05, 0) is 33.9 Å². The number of nitriles is 1. The molecule has 2 unspecified atom stereocenters. The van der Waals surface area contributed by atoms with E-state index in [1.165, 1.54) is 0 Å². The lowest BCUT2D eigenvalue weighted by atomic mass is 9.83. The van der Waals surface area contributed by atoms with Crippen LogP contribution in [-0.4, -0.2) is 73.1 Å². The normalized spacial score (nSPS) is 37.9. The van der Waals surface area contributed by atoms with Gasteiger partial charge in [0.2, 0.25) is 0 Å². The number of piperazine rings is 1. The molecule has 0 spiro atoms. The number of nitrogens with zero attached hydrogens (tertiary/aromatic N) is 4. The van der Waals surface area contributed by atoms with Crippen molar-refractivity contribution in [3.63, 3.8) is 0 Å². The van der Waals surface area contributed by atoms with E-state index in [0.29, 0.717) is 6.04 Å². The van der Waals surface area contributed by atoms with Crippen molar-refractivity contribution in [3.05, 3.63) is 0 Å². The average Bonchev–Trinajstić information content (AvgIpc) is 2.34. The molecule has 0 aromatic rings. The number of likely N-dealkylation sites (N-methyl/N-ethyl adjacent to an activating group) is 1. The van der Waals surface area contributed by atoms with Gasteiger partial charge in [-0.3, -0.25) is 4.90 Å². The van der Waals surface area contributed by atoms with Crippen LogP contribution in [0, 0.1) is 11.3 Å². The summed E-state index contributed by atoms with van der Waals surface area (Å²) >= 11 is 0. The predicted molar refractivity (Wildman–Crippen MR) is 68.7 cm³/mol. The van der Waals surface area contributed by atoms with Crippen LogP contribution in [0.3, 0.4) is 0 Å². The molecule has 0 aromatic carbocycles. The van der Waals surface area contributed by atoms with E-state index in [2.05, 4.69) is 41.8 Å². The Morgan fingerprint density at radius 2 is 1.76 bits per heavy atom. The minimum Gasteiger partial charge on any atom is -0.304 e. The number of rotatable bonds is 1. The zero-order valence-corrected chi connectivity index (χ0v) is 11.3. The molecule has 0 radical (unpaired) electrons. The van der Waals surface area contributed by atoms with E-state index in [0.717, 1.165) is 45.6 Å². The topological polar surface area (TPSA) is 33.5 Å². The highest BCUT2D eigenvalue weighted by atomic mass is 15.3. The maximum absolute atomic E-state index is 9.64. The van der Waals surface area contributed by atoms with Gasteiger partial charge in [0.15, 0.2) is 0 Å². The summed E-state index contributed by atoms with van der Waals surface area (Å²) in [6, 6.07) is 3.15. The van der Waals surface area contributed by atoms with Gasteiger partial charge in [0.05, 0.1) is 6.07 Å². The van der Waals surface area contributed by atoms with Crippen LogP contribution in [0.4, 0.5) is 0 Å². The van der Waals surface area contributed by atoms with Gasteiger partial charge in [-0.1, -0.05) is 0 Å². The first-order valence-electron chi connectivity index (χ1n) is 6.62. The van der Waals surface area contributed by atoms with Crippen LogP contribution in [0.1, 0.15) is 19.8 Å². The predicted octanol–water partition coefficient (Wildman–Crippen LogP) is 0.610. The van der Waals surface area contributed by atoms with Gasteiger partial charge in [-0.15, -0.1) is 0 Å². The molecule has 4 heteroatoms. The van der Waals surface area contributed by atoms with Crippen LogP contribution >= 0.6 is 0 Å². The van der Waals surface area contributed by atoms with E-state index >= 15 is 0 Å². The lowest BCUT2D eigenvalue weighted by Crippen LogP contribution is -2.60. The molecular weight excluding hydrogens is 212 g/mol. The quantitative estimate of drug-likeness (QED) is 0.668. The molecule has 96 valence electrons. The summed E-state index contributed by atoms with van der Waals surface area (Å²) < 4.78 is 0. The Kier molecular flexibility index (Phi) is 3.72. The molecule has 0 saturated carbocycles. The van der Waals surface area contributed by atoms with Gasteiger partial charge in [0.25, 0.3) is 0 Å². The van der Waals surface area contributed by atoms with Gasteiger partial charge in [0.1, 0.15) is 5.54 Å². The second kappa shape index (κ2) is 4.93. The maximum atomic E-state index is 9.64. The Morgan fingerprint density at radius 1 is 1.12 bits per heavy atom. The first-order valence-corrected chi connectivity index (χ1v) is 6.62. The van der Waals surface area contributed by atoms with Crippen molar-refractivity contribution in [2.75, 3.05) is 46.8 Å². The molecule has 4 nitrogen and oxygen atoms in total. The van der Waals surface area contributed by atoms with Crippen molar-refractivity contribution >= 4 is 0 Å². The molecule has 2 aliphatic rings. The lowest BCUT2D eigenvalue weighted by Gasteiger charge is -2.48. The summed E-state index contributed by atoms with van der Waals surface area (Å²) in [6.07, 6.45) is 1.98. The van der Waals surface area contributed by atoms with Crippen LogP contribution in [0.15, 0.2) is 0 Å². The molecule has 2 heterocycles. The zero-order valence-electron chi connectivity index (χ0n) is 11.3. The van der Waals surface area contributed by atoms with E-state index in [4.69, 9.17) is 0 Å². The summed E-state index contributed by atoms with van der Waals surface area (Å²) in [5.41, 5.74) is -0.201. The summed E-state index contributed by atoms with van der Waals surface area (Å²) in [5.74, 6) is 0. The summed E-state index contributed by atoms with van der Waals surface area (Å²) in [7, 11) is 4.32. The number of hydrogen-bond donors (Lipinski definition) is 0. The molecular formula is C13H24N4. The molecule has 0 N–H and O–H groups in total. The highest BCUT2D eigenvalue weighted by Gasteiger charge is 2.42.